The summed E-state index contributed by atoms with van der Waals surface area (Å²) in [5.41, 5.74) is 0.577. The van der Waals surface area contributed by atoms with Gasteiger partial charge >= 0.3 is 11.9 Å². The molecule has 0 aliphatic heterocycles. The van der Waals surface area contributed by atoms with E-state index in [4.69, 9.17) is 9.47 Å². The summed E-state index contributed by atoms with van der Waals surface area (Å²) in [5.74, 6) is -1.77. The van der Waals surface area contributed by atoms with Gasteiger partial charge in [-0.15, -0.1) is 0 Å². The molecular formula is C18H18O6. The molecule has 1 aromatic carbocycles. The molecule has 6 heteroatoms. The van der Waals surface area contributed by atoms with Gasteiger partial charge in [-0.3, -0.25) is 19.2 Å². The van der Waals surface area contributed by atoms with Crippen LogP contribution in [0.5, 0.6) is 0 Å². The maximum Gasteiger partial charge on any atom is 0.324 e. The van der Waals surface area contributed by atoms with E-state index in [9.17, 15) is 19.2 Å². The Balaban J connectivity index is 2.08. The Morgan fingerprint density at radius 3 is 2.21 bits per heavy atom. The van der Waals surface area contributed by atoms with E-state index >= 15 is 0 Å². The maximum atomic E-state index is 12.5. The van der Waals surface area contributed by atoms with E-state index in [2.05, 4.69) is 0 Å². The summed E-state index contributed by atoms with van der Waals surface area (Å²) in [6, 6.07) is 3.32. The number of ketones is 2. The molecule has 1 aromatic rings. The number of carbonyl (C=O) groups is 4. The first-order chi connectivity index (χ1) is 11.4. The smallest absolute Gasteiger partial charge is 0.324 e. The number of rotatable bonds is 4. The molecule has 0 atom stereocenters. The minimum atomic E-state index is -1.48. The van der Waals surface area contributed by atoms with Crippen molar-refractivity contribution in [3.63, 3.8) is 0 Å². The highest BCUT2D eigenvalue weighted by Gasteiger charge is 2.54. The van der Waals surface area contributed by atoms with Crippen molar-refractivity contribution in [1.82, 2.24) is 0 Å². The van der Waals surface area contributed by atoms with Crippen LogP contribution < -0.4 is 0 Å². The average Bonchev–Trinajstić information content (AvgIpc) is 3.07. The highest BCUT2D eigenvalue weighted by atomic mass is 16.6. The molecule has 2 aliphatic carbocycles. The van der Waals surface area contributed by atoms with Gasteiger partial charge < -0.3 is 9.47 Å². The van der Waals surface area contributed by atoms with Crippen LogP contribution in [0.25, 0.3) is 0 Å². The van der Waals surface area contributed by atoms with Crippen molar-refractivity contribution in [1.29, 1.82) is 0 Å². The molecule has 0 bridgehead atoms. The molecule has 2 aliphatic rings. The molecule has 0 fully saturated rings. The Kier molecular flexibility index (Phi) is 3.99. The lowest BCUT2D eigenvalue weighted by atomic mass is 9.84. The number of esters is 2. The third-order valence-corrected chi connectivity index (χ3v) is 4.61. The second-order valence-electron chi connectivity index (χ2n) is 6.03. The SMILES string of the molecule is CCOC(=O)C1(C(=O)OCC)Cc2ccc3c(c2C1)C(=O)CC3=O. The predicted molar refractivity (Wildman–Crippen MR) is 82.8 cm³/mol. The zero-order chi connectivity index (χ0) is 17.5. The quantitative estimate of drug-likeness (QED) is 0.616. The Labute approximate surface area is 139 Å². The van der Waals surface area contributed by atoms with E-state index in [0.29, 0.717) is 16.7 Å². The van der Waals surface area contributed by atoms with Gasteiger partial charge in [0.15, 0.2) is 17.0 Å². The lowest BCUT2D eigenvalue weighted by Crippen LogP contribution is -2.43. The van der Waals surface area contributed by atoms with Crippen molar-refractivity contribution in [3.05, 3.63) is 34.4 Å². The monoisotopic (exact) mass is 330 g/mol. The minimum Gasteiger partial charge on any atom is -0.465 e. The molecule has 0 saturated carbocycles. The molecule has 0 N–H and O–H groups in total. The summed E-state index contributed by atoms with van der Waals surface area (Å²) in [7, 11) is 0. The van der Waals surface area contributed by atoms with Crippen LogP contribution in [-0.4, -0.2) is 36.7 Å². The number of ether oxygens (including phenoxy) is 2. The number of benzene rings is 1. The van der Waals surface area contributed by atoms with Crippen LogP contribution in [0.4, 0.5) is 0 Å². The highest BCUT2D eigenvalue weighted by Crippen LogP contribution is 2.43. The number of carbonyl (C=O) groups excluding carboxylic acids is 4. The molecule has 0 aromatic heterocycles. The van der Waals surface area contributed by atoms with Gasteiger partial charge in [-0.1, -0.05) is 12.1 Å². The van der Waals surface area contributed by atoms with Crippen molar-refractivity contribution in [2.45, 2.75) is 33.1 Å². The summed E-state index contributed by atoms with van der Waals surface area (Å²) >= 11 is 0. The summed E-state index contributed by atoms with van der Waals surface area (Å²) in [4.78, 5) is 49.1. The van der Waals surface area contributed by atoms with Crippen LogP contribution in [0.1, 0.15) is 52.1 Å². The van der Waals surface area contributed by atoms with E-state index in [1.54, 1.807) is 26.0 Å². The van der Waals surface area contributed by atoms with Crippen LogP contribution in [0.15, 0.2) is 12.1 Å². The van der Waals surface area contributed by atoms with Gasteiger partial charge in [0.2, 0.25) is 0 Å². The zero-order valence-corrected chi connectivity index (χ0v) is 13.6. The predicted octanol–water partition coefficient (Wildman–Crippen LogP) is 1.67. The Bertz CT molecular complexity index is 743. The fourth-order valence-corrected chi connectivity index (χ4v) is 3.54. The number of Topliss-reactive ketones (excluding diaryl/α,β-unsaturated/α-hetero) is 2. The molecule has 0 radical (unpaired) electrons. The molecule has 126 valence electrons. The van der Waals surface area contributed by atoms with Gasteiger partial charge in [0, 0.05) is 17.5 Å². The second-order valence-corrected chi connectivity index (χ2v) is 6.03. The standard InChI is InChI=1S/C18H18O6/c1-3-23-16(21)18(17(22)24-4-2)8-10-5-6-11-13(19)7-14(20)15(11)12(10)9-18/h5-6H,3-4,7-9H2,1-2H3. The largest absolute Gasteiger partial charge is 0.465 e. The third kappa shape index (κ3) is 2.25. The number of fused-ring (bicyclic) bond motifs is 3. The van der Waals surface area contributed by atoms with Crippen LogP contribution in [-0.2, 0) is 31.9 Å². The lowest BCUT2D eigenvalue weighted by Gasteiger charge is -2.24. The fraction of sp³-hybridized carbons (Fsp3) is 0.444. The molecule has 3 rings (SSSR count). The van der Waals surface area contributed by atoms with E-state index < -0.39 is 17.4 Å². The first-order valence-electron chi connectivity index (χ1n) is 8.00. The minimum absolute atomic E-state index is 0.0300. The van der Waals surface area contributed by atoms with Gasteiger partial charge in [0.25, 0.3) is 0 Å². The van der Waals surface area contributed by atoms with Gasteiger partial charge in [-0.25, -0.2) is 0 Å². The molecule has 24 heavy (non-hydrogen) atoms. The first-order valence-corrected chi connectivity index (χ1v) is 8.00. The van der Waals surface area contributed by atoms with Crippen molar-refractivity contribution < 1.29 is 28.7 Å². The molecule has 0 amide bonds. The lowest BCUT2D eigenvalue weighted by molar-refractivity contribution is -0.171. The van der Waals surface area contributed by atoms with Crippen molar-refractivity contribution in [3.8, 4) is 0 Å². The normalized spacial score (nSPS) is 17.4. The van der Waals surface area contributed by atoms with Crippen molar-refractivity contribution in [2.75, 3.05) is 13.2 Å². The fourth-order valence-electron chi connectivity index (χ4n) is 3.54. The third-order valence-electron chi connectivity index (χ3n) is 4.61. The molecule has 6 nitrogen and oxygen atoms in total. The average molecular weight is 330 g/mol. The van der Waals surface area contributed by atoms with Gasteiger partial charge in [0.1, 0.15) is 0 Å². The van der Waals surface area contributed by atoms with Crippen LogP contribution in [0.2, 0.25) is 0 Å². The van der Waals surface area contributed by atoms with Crippen LogP contribution >= 0.6 is 0 Å². The van der Waals surface area contributed by atoms with Crippen molar-refractivity contribution in [2.24, 2.45) is 5.41 Å². The summed E-state index contributed by atoms with van der Waals surface area (Å²) in [5, 5.41) is 0. The molecule has 0 spiro atoms. The van der Waals surface area contributed by atoms with E-state index in [1.807, 2.05) is 0 Å². The van der Waals surface area contributed by atoms with Gasteiger partial charge in [-0.2, -0.15) is 0 Å². The van der Waals surface area contributed by atoms with E-state index in [1.165, 1.54) is 0 Å². The summed E-state index contributed by atoms with van der Waals surface area (Å²) in [6.07, 6.45) is -0.00541. The van der Waals surface area contributed by atoms with Crippen LogP contribution in [0.3, 0.4) is 0 Å². The highest BCUT2D eigenvalue weighted by molar-refractivity contribution is 6.25. The molecular weight excluding hydrogens is 312 g/mol. The second kappa shape index (κ2) is 5.85. The van der Waals surface area contributed by atoms with E-state index in [0.717, 1.165) is 5.56 Å². The Hall–Kier alpha value is -2.50. The van der Waals surface area contributed by atoms with Crippen molar-refractivity contribution >= 4 is 23.5 Å². The zero-order valence-electron chi connectivity index (χ0n) is 13.6. The van der Waals surface area contributed by atoms with E-state index in [-0.39, 0.29) is 44.0 Å². The molecule has 0 unspecified atom stereocenters. The Morgan fingerprint density at radius 2 is 1.62 bits per heavy atom. The van der Waals surface area contributed by atoms with Gasteiger partial charge in [0.05, 0.1) is 19.6 Å². The topological polar surface area (TPSA) is 86.7 Å². The van der Waals surface area contributed by atoms with Gasteiger partial charge in [-0.05, 0) is 31.4 Å². The number of hydrogen-bond acceptors (Lipinski definition) is 6. The number of hydrogen-bond donors (Lipinski definition) is 0. The first kappa shape index (κ1) is 16.4. The van der Waals surface area contributed by atoms with Crippen LogP contribution in [0, 0.1) is 5.41 Å². The summed E-state index contributed by atoms with van der Waals surface area (Å²) < 4.78 is 10.2. The summed E-state index contributed by atoms with van der Waals surface area (Å²) in [6.45, 7) is 3.62. The molecule has 0 heterocycles. The molecule has 0 saturated heterocycles. The maximum absolute atomic E-state index is 12.5. The Morgan fingerprint density at radius 1 is 1.00 bits per heavy atom.